The smallest absolute Gasteiger partial charge is 0.238 e. The largest absolute Gasteiger partial charge is 0.325 e. The van der Waals surface area contributed by atoms with Crippen molar-refractivity contribution in [1.29, 1.82) is 0 Å². The maximum absolute atomic E-state index is 13.6. The van der Waals surface area contributed by atoms with E-state index in [0.717, 1.165) is 36.9 Å². The summed E-state index contributed by atoms with van der Waals surface area (Å²) in [5.74, 6) is 0.101. The first-order valence-electron chi connectivity index (χ1n) is 9.36. The molecule has 2 unspecified atom stereocenters. The van der Waals surface area contributed by atoms with Crippen molar-refractivity contribution in [2.75, 3.05) is 33.5 Å². The van der Waals surface area contributed by atoms with Crippen LogP contribution >= 0.6 is 0 Å². The lowest BCUT2D eigenvalue weighted by atomic mass is 9.66. The number of carbonyl (C=O) groups is 1. The van der Waals surface area contributed by atoms with Gasteiger partial charge in [-0.05, 0) is 65.5 Å². The Morgan fingerprint density at radius 1 is 1.00 bits per heavy atom. The molecule has 142 valence electrons. The maximum Gasteiger partial charge on any atom is 0.238 e. The molecule has 0 saturated carbocycles. The zero-order valence-electron chi connectivity index (χ0n) is 16.7. The minimum absolute atomic E-state index is 0.0707. The molecule has 0 fully saturated rings. The molecule has 1 aliphatic rings. The SMILES string of the molecule is C=CCCC(N(C)C)C1(C(CCC=C)N(C)C)C(=O)Nc2ccccc21. The fourth-order valence-corrected chi connectivity index (χ4v) is 4.52. The predicted molar refractivity (Wildman–Crippen MR) is 111 cm³/mol. The molecule has 1 N–H and O–H groups in total. The number of allylic oxidation sites excluding steroid dienone is 2. The van der Waals surface area contributed by atoms with Crippen LogP contribution in [0, 0.1) is 0 Å². The minimum atomic E-state index is -0.629. The molecule has 2 atom stereocenters. The van der Waals surface area contributed by atoms with Crippen molar-refractivity contribution in [3.05, 3.63) is 55.1 Å². The molecule has 26 heavy (non-hydrogen) atoms. The Morgan fingerprint density at radius 3 is 1.96 bits per heavy atom. The van der Waals surface area contributed by atoms with Crippen LogP contribution in [-0.2, 0) is 10.2 Å². The number of anilines is 1. The first-order chi connectivity index (χ1) is 12.4. The van der Waals surface area contributed by atoms with Crippen molar-refractivity contribution >= 4 is 11.6 Å². The summed E-state index contributed by atoms with van der Waals surface area (Å²) in [6.07, 6.45) is 7.41. The summed E-state index contributed by atoms with van der Waals surface area (Å²) in [6, 6.07) is 8.28. The molecule has 0 aliphatic carbocycles. The highest BCUT2D eigenvalue weighted by molar-refractivity contribution is 6.07. The molecule has 4 nitrogen and oxygen atoms in total. The lowest BCUT2D eigenvalue weighted by Crippen LogP contribution is -2.62. The molecular formula is C22H33N3O. The Bertz CT molecular complexity index is 627. The first kappa shape index (κ1) is 20.4. The van der Waals surface area contributed by atoms with Crippen LogP contribution in [0.15, 0.2) is 49.6 Å². The van der Waals surface area contributed by atoms with Gasteiger partial charge < -0.3 is 15.1 Å². The molecule has 0 radical (unpaired) electrons. The van der Waals surface area contributed by atoms with Crippen molar-refractivity contribution in [3.8, 4) is 0 Å². The van der Waals surface area contributed by atoms with Crippen LogP contribution in [0.25, 0.3) is 0 Å². The molecule has 4 heteroatoms. The number of nitrogens with zero attached hydrogens (tertiary/aromatic N) is 2. The monoisotopic (exact) mass is 355 g/mol. The van der Waals surface area contributed by atoms with Crippen molar-refractivity contribution in [3.63, 3.8) is 0 Å². The standard InChI is InChI=1S/C22H33N3O/c1-7-9-15-19(24(3)4)22(20(25(5)6)16-10-8-2)17-13-11-12-14-18(17)23-21(22)26/h7-8,11-14,19-20H,1-2,9-10,15-16H2,3-6H3,(H,23,26). The molecule has 1 amide bonds. The van der Waals surface area contributed by atoms with Gasteiger partial charge >= 0.3 is 0 Å². The van der Waals surface area contributed by atoms with Gasteiger partial charge in [0.15, 0.2) is 0 Å². The van der Waals surface area contributed by atoms with Crippen LogP contribution in [-0.4, -0.2) is 56.0 Å². The summed E-state index contributed by atoms with van der Waals surface area (Å²) in [4.78, 5) is 18.0. The predicted octanol–water partition coefficient (Wildman–Crippen LogP) is 3.67. The van der Waals surface area contributed by atoms with Crippen LogP contribution in [0.3, 0.4) is 0 Å². The Hall–Kier alpha value is -1.91. The van der Waals surface area contributed by atoms with Gasteiger partial charge in [0.1, 0.15) is 5.41 Å². The second-order valence-corrected chi connectivity index (χ2v) is 7.56. The van der Waals surface area contributed by atoms with Crippen LogP contribution in [0.4, 0.5) is 5.69 Å². The van der Waals surface area contributed by atoms with E-state index in [1.54, 1.807) is 0 Å². The van der Waals surface area contributed by atoms with Crippen LogP contribution < -0.4 is 5.32 Å². The molecule has 0 saturated heterocycles. The Labute approximate surface area is 158 Å². The molecule has 0 aromatic heterocycles. The van der Waals surface area contributed by atoms with Crippen molar-refractivity contribution in [2.45, 2.75) is 43.2 Å². The van der Waals surface area contributed by atoms with Gasteiger partial charge in [-0.1, -0.05) is 30.4 Å². The number of likely N-dealkylation sites (N-methyl/N-ethyl adjacent to an activating group) is 2. The van der Waals surface area contributed by atoms with E-state index in [1.165, 1.54) is 0 Å². The molecule has 1 aromatic rings. The van der Waals surface area contributed by atoms with Gasteiger partial charge in [-0.2, -0.15) is 0 Å². The summed E-state index contributed by atoms with van der Waals surface area (Å²) >= 11 is 0. The van der Waals surface area contributed by atoms with E-state index >= 15 is 0 Å². The summed E-state index contributed by atoms with van der Waals surface area (Å²) in [6.45, 7) is 7.78. The van der Waals surface area contributed by atoms with Crippen molar-refractivity contribution < 1.29 is 4.79 Å². The van der Waals surface area contributed by atoms with Gasteiger partial charge in [0.25, 0.3) is 0 Å². The van der Waals surface area contributed by atoms with Crippen molar-refractivity contribution in [1.82, 2.24) is 9.80 Å². The van der Waals surface area contributed by atoms with E-state index in [2.05, 4.69) is 62.5 Å². The van der Waals surface area contributed by atoms with E-state index in [9.17, 15) is 4.79 Å². The number of hydrogen-bond donors (Lipinski definition) is 1. The van der Waals surface area contributed by atoms with Gasteiger partial charge in [-0.3, -0.25) is 4.79 Å². The second-order valence-electron chi connectivity index (χ2n) is 7.56. The quantitative estimate of drug-likeness (QED) is 0.651. The third-order valence-electron chi connectivity index (χ3n) is 5.58. The minimum Gasteiger partial charge on any atom is -0.325 e. The second kappa shape index (κ2) is 8.65. The summed E-state index contributed by atoms with van der Waals surface area (Å²) in [5, 5.41) is 3.17. The number of benzene rings is 1. The van der Waals surface area contributed by atoms with Gasteiger partial charge in [-0.25, -0.2) is 0 Å². The molecule has 1 aliphatic heterocycles. The Kier molecular flexibility index (Phi) is 6.79. The van der Waals surface area contributed by atoms with E-state index in [0.29, 0.717) is 0 Å². The van der Waals surface area contributed by atoms with E-state index in [4.69, 9.17) is 0 Å². The van der Waals surface area contributed by atoms with Gasteiger partial charge in [-0.15, -0.1) is 13.2 Å². The van der Waals surface area contributed by atoms with E-state index in [-0.39, 0.29) is 18.0 Å². The summed E-state index contributed by atoms with van der Waals surface area (Å²) in [7, 11) is 8.29. The average Bonchev–Trinajstić information content (AvgIpc) is 2.88. The third kappa shape index (κ3) is 3.49. The van der Waals surface area contributed by atoms with Crippen LogP contribution in [0.2, 0.25) is 0 Å². The first-order valence-corrected chi connectivity index (χ1v) is 9.36. The number of amides is 1. The molecular weight excluding hydrogens is 322 g/mol. The summed E-state index contributed by atoms with van der Waals surface area (Å²) in [5.41, 5.74) is 1.42. The lowest BCUT2D eigenvalue weighted by Gasteiger charge is -2.47. The zero-order chi connectivity index (χ0) is 19.3. The zero-order valence-corrected chi connectivity index (χ0v) is 16.7. The maximum atomic E-state index is 13.6. The van der Waals surface area contributed by atoms with Gasteiger partial charge in [0.05, 0.1) is 0 Å². The Balaban J connectivity index is 2.70. The highest BCUT2D eigenvalue weighted by Crippen LogP contribution is 2.47. The number of hydrogen-bond acceptors (Lipinski definition) is 3. The average molecular weight is 356 g/mol. The fourth-order valence-electron chi connectivity index (χ4n) is 4.52. The topological polar surface area (TPSA) is 35.6 Å². The number of fused-ring (bicyclic) bond motifs is 1. The number of rotatable bonds is 10. The molecule has 0 bridgehead atoms. The normalized spacial score (nSPS) is 21.4. The van der Waals surface area contributed by atoms with Crippen LogP contribution in [0.1, 0.15) is 31.2 Å². The molecule has 1 aromatic carbocycles. The third-order valence-corrected chi connectivity index (χ3v) is 5.58. The van der Waals surface area contributed by atoms with Gasteiger partial charge in [0, 0.05) is 17.8 Å². The van der Waals surface area contributed by atoms with Gasteiger partial charge in [0.2, 0.25) is 5.91 Å². The van der Waals surface area contributed by atoms with E-state index < -0.39 is 5.41 Å². The van der Waals surface area contributed by atoms with Crippen LogP contribution in [0.5, 0.6) is 0 Å². The molecule has 1 heterocycles. The Morgan fingerprint density at radius 2 is 1.50 bits per heavy atom. The summed E-state index contributed by atoms with van der Waals surface area (Å²) < 4.78 is 0. The highest BCUT2D eigenvalue weighted by Gasteiger charge is 2.57. The highest BCUT2D eigenvalue weighted by atomic mass is 16.2. The van der Waals surface area contributed by atoms with Crippen molar-refractivity contribution in [2.24, 2.45) is 0 Å². The number of para-hydroxylation sites is 1. The fraction of sp³-hybridized carbons (Fsp3) is 0.500. The van der Waals surface area contributed by atoms with E-state index in [1.807, 2.05) is 30.4 Å². The molecule has 0 spiro atoms. The lowest BCUT2D eigenvalue weighted by molar-refractivity contribution is -0.126. The number of nitrogens with one attached hydrogen (secondary N) is 1. The number of carbonyl (C=O) groups excluding carboxylic acids is 1. The molecule has 2 rings (SSSR count).